The molecule has 0 spiro atoms. The molecule has 39 heavy (non-hydrogen) atoms. The highest BCUT2D eigenvalue weighted by Gasteiger charge is 2.34. The van der Waals surface area contributed by atoms with Gasteiger partial charge < -0.3 is 10.2 Å². The number of hydrogen-bond acceptors (Lipinski definition) is 4. The molecule has 0 aliphatic heterocycles. The van der Waals surface area contributed by atoms with Gasteiger partial charge in [0.25, 0.3) is 10.0 Å². The Kier molecular flexibility index (Phi) is 10.5. The average Bonchev–Trinajstić information content (AvgIpc) is 2.92. The van der Waals surface area contributed by atoms with Gasteiger partial charge in [-0.15, -0.1) is 0 Å². The summed E-state index contributed by atoms with van der Waals surface area (Å²) in [5.74, 6) is -1.79. The van der Waals surface area contributed by atoms with E-state index >= 15 is 0 Å². The van der Waals surface area contributed by atoms with E-state index in [1.807, 2.05) is 13.8 Å². The van der Waals surface area contributed by atoms with Crippen LogP contribution in [-0.4, -0.2) is 44.3 Å². The molecule has 1 atom stereocenters. The van der Waals surface area contributed by atoms with Crippen LogP contribution in [0.2, 0.25) is 5.02 Å². The summed E-state index contributed by atoms with van der Waals surface area (Å²) in [5, 5.41) is 3.34. The van der Waals surface area contributed by atoms with Gasteiger partial charge in [-0.2, -0.15) is 0 Å². The Hall–Kier alpha value is -3.43. The predicted molar refractivity (Wildman–Crippen MR) is 151 cm³/mol. The second-order valence-corrected chi connectivity index (χ2v) is 11.4. The van der Waals surface area contributed by atoms with E-state index in [1.54, 1.807) is 43.3 Å². The molecule has 0 aliphatic carbocycles. The van der Waals surface area contributed by atoms with Crippen molar-refractivity contribution in [1.82, 2.24) is 10.2 Å². The molecule has 0 fully saturated rings. The number of anilines is 1. The van der Waals surface area contributed by atoms with E-state index in [4.69, 9.17) is 11.6 Å². The number of amides is 2. The van der Waals surface area contributed by atoms with Crippen molar-refractivity contribution in [2.24, 2.45) is 0 Å². The molecule has 0 aromatic heterocycles. The summed E-state index contributed by atoms with van der Waals surface area (Å²) in [6, 6.07) is 17.4. The number of nitrogens with one attached hydrogen (secondary N) is 1. The van der Waals surface area contributed by atoms with E-state index in [0.29, 0.717) is 30.0 Å². The molecule has 0 bridgehead atoms. The lowest BCUT2D eigenvalue weighted by Gasteiger charge is -2.33. The molecule has 3 rings (SSSR count). The van der Waals surface area contributed by atoms with Gasteiger partial charge in [-0.05, 0) is 61.7 Å². The first kappa shape index (κ1) is 30.1. The first-order valence-corrected chi connectivity index (χ1v) is 14.6. The molecular formula is C29H33ClFN3O4S. The maximum Gasteiger partial charge on any atom is 0.264 e. The fraction of sp³-hybridized carbons (Fsp3) is 0.310. The first-order valence-electron chi connectivity index (χ1n) is 12.7. The fourth-order valence-electron chi connectivity index (χ4n) is 4.08. The van der Waals surface area contributed by atoms with Crippen LogP contribution >= 0.6 is 11.6 Å². The molecule has 0 aliphatic rings. The quantitative estimate of drug-likeness (QED) is 0.318. The summed E-state index contributed by atoms with van der Waals surface area (Å²) >= 11 is 6.02. The molecule has 0 saturated heterocycles. The first-order chi connectivity index (χ1) is 18.6. The smallest absolute Gasteiger partial charge is 0.264 e. The highest BCUT2D eigenvalue weighted by atomic mass is 35.5. The number of carbonyl (C=O) groups is 2. The highest BCUT2D eigenvalue weighted by molar-refractivity contribution is 7.92. The standard InChI is InChI=1S/C29H33ClFN3O4S/c1-4-18-32-29(36)26(5-2)33(19-22-12-14-23(30)15-13-22)28(35)20-34(27-9-7-6-8-25(27)31)39(37,38)24-16-10-21(3)11-17-24/h6-17,26H,4-5,18-20H2,1-3H3,(H,32,36). The van der Waals surface area contributed by atoms with E-state index in [-0.39, 0.29) is 23.0 Å². The van der Waals surface area contributed by atoms with Crippen LogP contribution in [0, 0.1) is 12.7 Å². The molecule has 7 nitrogen and oxygen atoms in total. The third-order valence-corrected chi connectivity index (χ3v) is 8.24. The maximum absolute atomic E-state index is 15.0. The van der Waals surface area contributed by atoms with Gasteiger partial charge in [-0.3, -0.25) is 13.9 Å². The Labute approximate surface area is 234 Å². The van der Waals surface area contributed by atoms with E-state index in [2.05, 4.69) is 5.32 Å². The lowest BCUT2D eigenvalue weighted by Crippen LogP contribution is -2.52. The average molecular weight is 574 g/mol. The van der Waals surface area contributed by atoms with Gasteiger partial charge in [0.1, 0.15) is 18.4 Å². The molecule has 0 radical (unpaired) electrons. The van der Waals surface area contributed by atoms with Gasteiger partial charge in [0.15, 0.2) is 0 Å². The summed E-state index contributed by atoms with van der Waals surface area (Å²) in [4.78, 5) is 28.2. The summed E-state index contributed by atoms with van der Waals surface area (Å²) < 4.78 is 43.3. The van der Waals surface area contributed by atoms with E-state index in [9.17, 15) is 22.4 Å². The van der Waals surface area contributed by atoms with Gasteiger partial charge in [-0.1, -0.05) is 67.4 Å². The number of benzene rings is 3. The second kappa shape index (κ2) is 13.6. The molecular weight excluding hydrogens is 541 g/mol. The minimum absolute atomic E-state index is 0.0315. The Bertz CT molecular complexity index is 1380. The van der Waals surface area contributed by atoms with Gasteiger partial charge in [0, 0.05) is 18.1 Å². The highest BCUT2D eigenvalue weighted by Crippen LogP contribution is 2.27. The second-order valence-electron chi connectivity index (χ2n) is 9.14. The summed E-state index contributed by atoms with van der Waals surface area (Å²) in [5.41, 5.74) is 1.29. The third kappa shape index (κ3) is 7.58. The Morgan fingerprint density at radius 3 is 2.21 bits per heavy atom. The zero-order chi connectivity index (χ0) is 28.6. The van der Waals surface area contributed by atoms with Crippen molar-refractivity contribution < 1.29 is 22.4 Å². The predicted octanol–water partition coefficient (Wildman–Crippen LogP) is 5.32. The lowest BCUT2D eigenvalue weighted by atomic mass is 10.1. The SMILES string of the molecule is CCCNC(=O)C(CC)N(Cc1ccc(Cl)cc1)C(=O)CN(c1ccccc1F)S(=O)(=O)c1ccc(C)cc1. The monoisotopic (exact) mass is 573 g/mol. The van der Waals surface area contributed by atoms with Crippen LogP contribution in [0.25, 0.3) is 0 Å². The van der Waals surface area contributed by atoms with Crippen LogP contribution in [0.1, 0.15) is 37.8 Å². The van der Waals surface area contributed by atoms with Crippen molar-refractivity contribution in [3.63, 3.8) is 0 Å². The van der Waals surface area contributed by atoms with Crippen molar-refractivity contribution >= 4 is 39.1 Å². The van der Waals surface area contributed by atoms with Crippen LogP contribution in [0.3, 0.4) is 0 Å². The number of nitrogens with zero attached hydrogens (tertiary/aromatic N) is 2. The zero-order valence-corrected chi connectivity index (χ0v) is 23.8. The number of para-hydroxylation sites is 1. The minimum Gasteiger partial charge on any atom is -0.354 e. The molecule has 1 N–H and O–H groups in total. The number of rotatable bonds is 12. The van der Waals surface area contributed by atoms with Crippen molar-refractivity contribution in [2.75, 3.05) is 17.4 Å². The number of aryl methyl sites for hydroxylation is 1. The number of hydrogen-bond donors (Lipinski definition) is 1. The topological polar surface area (TPSA) is 86.8 Å². The number of carbonyl (C=O) groups excluding carboxylic acids is 2. The molecule has 0 heterocycles. The van der Waals surface area contributed by atoms with Crippen molar-refractivity contribution in [2.45, 2.75) is 51.1 Å². The normalized spacial score (nSPS) is 12.0. The summed E-state index contributed by atoms with van der Waals surface area (Å²) in [7, 11) is -4.34. The van der Waals surface area contributed by atoms with E-state index in [0.717, 1.165) is 15.9 Å². The van der Waals surface area contributed by atoms with Crippen molar-refractivity contribution in [3.05, 3.63) is 94.8 Å². The molecule has 208 valence electrons. The molecule has 0 saturated carbocycles. The summed E-state index contributed by atoms with van der Waals surface area (Å²) in [6.45, 7) is 5.27. The van der Waals surface area contributed by atoms with Crippen molar-refractivity contribution in [3.8, 4) is 0 Å². The lowest BCUT2D eigenvalue weighted by molar-refractivity contribution is -0.140. The van der Waals surface area contributed by atoms with Crippen LogP contribution in [0.4, 0.5) is 10.1 Å². The van der Waals surface area contributed by atoms with Crippen LogP contribution in [0.5, 0.6) is 0 Å². The Balaban J connectivity index is 2.05. The maximum atomic E-state index is 15.0. The molecule has 3 aromatic carbocycles. The summed E-state index contributed by atoms with van der Waals surface area (Å²) in [6.07, 6.45) is 1.00. The molecule has 2 amide bonds. The zero-order valence-electron chi connectivity index (χ0n) is 22.2. The number of sulfonamides is 1. The van der Waals surface area contributed by atoms with Gasteiger partial charge in [0.2, 0.25) is 11.8 Å². The molecule has 1 unspecified atom stereocenters. The van der Waals surface area contributed by atoms with Gasteiger partial charge in [-0.25, -0.2) is 12.8 Å². The van der Waals surface area contributed by atoms with Gasteiger partial charge in [0.05, 0.1) is 10.6 Å². The van der Waals surface area contributed by atoms with Crippen LogP contribution in [-0.2, 0) is 26.2 Å². The van der Waals surface area contributed by atoms with E-state index in [1.165, 1.54) is 35.2 Å². The minimum atomic E-state index is -4.34. The largest absolute Gasteiger partial charge is 0.354 e. The van der Waals surface area contributed by atoms with Gasteiger partial charge >= 0.3 is 0 Å². The van der Waals surface area contributed by atoms with Crippen LogP contribution < -0.4 is 9.62 Å². The fourth-order valence-corrected chi connectivity index (χ4v) is 5.62. The third-order valence-electron chi connectivity index (χ3n) is 6.21. The molecule has 10 heteroatoms. The Morgan fingerprint density at radius 1 is 0.974 bits per heavy atom. The number of halogens is 2. The van der Waals surface area contributed by atoms with E-state index < -0.39 is 34.3 Å². The van der Waals surface area contributed by atoms with Crippen molar-refractivity contribution in [1.29, 1.82) is 0 Å². The molecule has 3 aromatic rings. The Morgan fingerprint density at radius 2 is 1.62 bits per heavy atom. The van der Waals surface area contributed by atoms with Crippen LogP contribution in [0.15, 0.2) is 77.7 Å².